The molecule has 0 aliphatic heterocycles. The van der Waals surface area contributed by atoms with Gasteiger partial charge >= 0.3 is 0 Å². The number of nitrogens with zero attached hydrogens (tertiary/aromatic N) is 5. The van der Waals surface area contributed by atoms with E-state index in [9.17, 15) is 8.42 Å². The number of thiophene rings is 1. The molecule has 0 amide bonds. The highest BCUT2D eigenvalue weighted by atomic mass is 32.2. The van der Waals surface area contributed by atoms with Gasteiger partial charge in [0, 0.05) is 47.2 Å². The number of fused-ring (bicyclic) bond motifs is 1. The number of methoxy groups -OCH3 is 2. The first-order chi connectivity index (χ1) is 18.8. The maximum atomic E-state index is 12.6. The van der Waals surface area contributed by atoms with E-state index in [0.717, 1.165) is 27.8 Å². The molecule has 0 radical (unpaired) electrons. The van der Waals surface area contributed by atoms with Crippen molar-refractivity contribution in [3.63, 3.8) is 0 Å². The summed E-state index contributed by atoms with van der Waals surface area (Å²) in [5, 5.41) is 9.36. The van der Waals surface area contributed by atoms with Gasteiger partial charge in [-0.2, -0.15) is 16.4 Å². The van der Waals surface area contributed by atoms with E-state index in [2.05, 4.69) is 9.82 Å². The van der Waals surface area contributed by atoms with Crippen molar-refractivity contribution in [1.29, 1.82) is 0 Å². The second-order valence-electron chi connectivity index (χ2n) is 9.01. The lowest BCUT2D eigenvalue weighted by molar-refractivity contribution is 0.356. The maximum absolute atomic E-state index is 12.6. The fourth-order valence-electron chi connectivity index (χ4n) is 4.06. The van der Waals surface area contributed by atoms with E-state index in [1.165, 1.54) is 0 Å². The van der Waals surface area contributed by atoms with Crippen molar-refractivity contribution < 1.29 is 17.9 Å². The normalized spacial score (nSPS) is 11.8. The van der Waals surface area contributed by atoms with Crippen LogP contribution in [0.15, 0.2) is 70.5 Å². The van der Waals surface area contributed by atoms with Gasteiger partial charge in [0.15, 0.2) is 11.5 Å². The van der Waals surface area contributed by atoms with E-state index in [1.807, 2.05) is 54.2 Å². The van der Waals surface area contributed by atoms with Gasteiger partial charge < -0.3 is 14.4 Å². The van der Waals surface area contributed by atoms with E-state index in [0.29, 0.717) is 36.1 Å². The first-order valence-corrected chi connectivity index (χ1v) is 14.5. The zero-order valence-electron chi connectivity index (χ0n) is 22.0. The molecule has 39 heavy (non-hydrogen) atoms. The Kier molecular flexibility index (Phi) is 7.62. The highest BCUT2D eigenvalue weighted by Crippen LogP contribution is 2.36. The molecule has 0 fully saturated rings. The van der Waals surface area contributed by atoms with Crippen LogP contribution >= 0.6 is 11.3 Å². The SMILES string of the molecule is COc1cc2nc(-n3cc(-c4ccc(S(=O)(=O)NCCN(C)C)cc4)cn3)nc(-c3ccsc3)c2cc1OC. The number of rotatable bonds is 10. The quantitative estimate of drug-likeness (QED) is 0.270. The Hall–Kier alpha value is -3.84. The van der Waals surface area contributed by atoms with Gasteiger partial charge in [-0.3, -0.25) is 0 Å². The molecule has 0 aliphatic rings. The molecular weight excluding hydrogens is 536 g/mol. The number of nitrogens with one attached hydrogen (secondary N) is 1. The molecule has 0 unspecified atom stereocenters. The lowest BCUT2D eigenvalue weighted by atomic mass is 10.1. The van der Waals surface area contributed by atoms with Gasteiger partial charge in [-0.25, -0.2) is 27.8 Å². The van der Waals surface area contributed by atoms with Crippen LogP contribution < -0.4 is 14.2 Å². The van der Waals surface area contributed by atoms with Gasteiger partial charge in [-0.1, -0.05) is 12.1 Å². The third kappa shape index (κ3) is 5.64. The van der Waals surface area contributed by atoms with Crippen molar-refractivity contribution in [1.82, 2.24) is 29.4 Å². The smallest absolute Gasteiger partial charge is 0.251 e. The van der Waals surface area contributed by atoms with Crippen molar-refractivity contribution >= 4 is 32.3 Å². The third-order valence-corrected chi connectivity index (χ3v) is 8.28. The van der Waals surface area contributed by atoms with E-state index in [-0.39, 0.29) is 4.90 Å². The number of benzene rings is 2. The monoisotopic (exact) mass is 564 g/mol. The van der Waals surface area contributed by atoms with Gasteiger partial charge in [0.2, 0.25) is 10.0 Å². The van der Waals surface area contributed by atoms with Crippen LogP contribution in [0.1, 0.15) is 0 Å². The molecule has 12 heteroatoms. The zero-order chi connectivity index (χ0) is 27.6. The number of ether oxygens (including phenoxy) is 2. The second kappa shape index (κ2) is 11.1. The van der Waals surface area contributed by atoms with Crippen LogP contribution in [0.2, 0.25) is 0 Å². The Bertz CT molecular complexity index is 1700. The molecule has 5 rings (SSSR count). The zero-order valence-corrected chi connectivity index (χ0v) is 23.6. The lowest BCUT2D eigenvalue weighted by Crippen LogP contribution is -2.31. The summed E-state index contributed by atoms with van der Waals surface area (Å²) >= 11 is 1.58. The van der Waals surface area contributed by atoms with E-state index in [4.69, 9.17) is 19.4 Å². The van der Waals surface area contributed by atoms with Gasteiger partial charge in [-0.05, 0) is 49.3 Å². The molecule has 202 valence electrons. The van der Waals surface area contributed by atoms with Gasteiger partial charge in [0.25, 0.3) is 5.95 Å². The molecule has 0 saturated heterocycles. The topological polar surface area (TPSA) is 111 Å². The summed E-state index contributed by atoms with van der Waals surface area (Å²) in [6.07, 6.45) is 3.52. The number of hydrogen-bond acceptors (Lipinski definition) is 9. The van der Waals surface area contributed by atoms with Crippen molar-refractivity contribution in [2.45, 2.75) is 4.90 Å². The summed E-state index contributed by atoms with van der Waals surface area (Å²) in [5.74, 6) is 1.56. The lowest BCUT2D eigenvalue weighted by Gasteiger charge is -2.12. The van der Waals surface area contributed by atoms with Crippen molar-refractivity contribution in [3.8, 4) is 39.8 Å². The molecular formula is C27H28N6O4S2. The molecule has 3 heterocycles. The summed E-state index contributed by atoms with van der Waals surface area (Å²) in [6, 6.07) is 12.4. The average molecular weight is 565 g/mol. The Morgan fingerprint density at radius 3 is 2.38 bits per heavy atom. The summed E-state index contributed by atoms with van der Waals surface area (Å²) in [6.45, 7) is 0.948. The predicted octanol–water partition coefficient (Wildman–Crippen LogP) is 4.07. The minimum atomic E-state index is -3.59. The summed E-state index contributed by atoms with van der Waals surface area (Å²) < 4.78 is 40.4. The van der Waals surface area contributed by atoms with Crippen LogP contribution in [0.4, 0.5) is 0 Å². The molecule has 1 N–H and O–H groups in total. The number of sulfonamides is 1. The molecule has 0 spiro atoms. The predicted molar refractivity (Wildman–Crippen MR) is 152 cm³/mol. The summed E-state index contributed by atoms with van der Waals surface area (Å²) in [5.41, 5.74) is 4.02. The summed E-state index contributed by atoms with van der Waals surface area (Å²) in [4.78, 5) is 11.7. The molecule has 5 aromatic rings. The number of aromatic nitrogens is 4. The van der Waals surface area contributed by atoms with Gasteiger partial charge in [-0.15, -0.1) is 0 Å². The van der Waals surface area contributed by atoms with E-state index in [1.54, 1.807) is 60.7 Å². The van der Waals surface area contributed by atoms with Crippen LogP contribution in [-0.2, 0) is 10.0 Å². The van der Waals surface area contributed by atoms with Crippen LogP contribution in [-0.4, -0.2) is 74.5 Å². The fourth-order valence-corrected chi connectivity index (χ4v) is 5.72. The molecule has 10 nitrogen and oxygen atoms in total. The van der Waals surface area contributed by atoms with Crippen LogP contribution in [0.3, 0.4) is 0 Å². The van der Waals surface area contributed by atoms with Crippen LogP contribution in [0, 0.1) is 0 Å². The first-order valence-electron chi connectivity index (χ1n) is 12.1. The largest absolute Gasteiger partial charge is 0.493 e. The molecule has 0 saturated carbocycles. The van der Waals surface area contributed by atoms with Crippen molar-refractivity contribution in [3.05, 3.63) is 65.6 Å². The molecule has 2 aromatic carbocycles. The molecule has 3 aromatic heterocycles. The van der Waals surface area contributed by atoms with E-state index >= 15 is 0 Å². The highest BCUT2D eigenvalue weighted by molar-refractivity contribution is 7.89. The number of hydrogen-bond donors (Lipinski definition) is 1. The minimum absolute atomic E-state index is 0.208. The average Bonchev–Trinajstić information content (AvgIpc) is 3.64. The number of likely N-dealkylation sites (N-methyl/N-ethyl adjacent to an activating group) is 1. The molecule has 0 aliphatic carbocycles. The first kappa shape index (κ1) is 26.8. The summed E-state index contributed by atoms with van der Waals surface area (Å²) in [7, 11) is 3.38. The fraction of sp³-hybridized carbons (Fsp3) is 0.222. The van der Waals surface area contributed by atoms with E-state index < -0.39 is 10.0 Å². The maximum Gasteiger partial charge on any atom is 0.251 e. The second-order valence-corrected chi connectivity index (χ2v) is 11.6. The Balaban J connectivity index is 1.48. The van der Waals surface area contributed by atoms with Gasteiger partial charge in [0.05, 0.1) is 36.5 Å². The van der Waals surface area contributed by atoms with Gasteiger partial charge in [0.1, 0.15) is 0 Å². The Labute approximate surface area is 230 Å². The molecule has 0 atom stereocenters. The molecule has 0 bridgehead atoms. The minimum Gasteiger partial charge on any atom is -0.493 e. The van der Waals surface area contributed by atoms with Crippen molar-refractivity contribution in [2.24, 2.45) is 0 Å². The highest BCUT2D eigenvalue weighted by Gasteiger charge is 2.17. The standard InChI is InChI=1S/C27H28N6O4S2/c1-32(2)11-10-29-39(34,35)21-7-5-18(6-8-21)20-15-28-33(16-20)27-30-23-14-25(37-4)24(36-3)13-22(23)26(31-27)19-9-12-38-17-19/h5-9,12-17,29H,10-11H2,1-4H3. The third-order valence-electron chi connectivity index (χ3n) is 6.12. The Morgan fingerprint density at radius 2 is 1.72 bits per heavy atom. The van der Waals surface area contributed by atoms with Crippen LogP contribution in [0.5, 0.6) is 11.5 Å². The van der Waals surface area contributed by atoms with Crippen LogP contribution in [0.25, 0.3) is 39.2 Å². The van der Waals surface area contributed by atoms with Crippen molar-refractivity contribution in [2.75, 3.05) is 41.4 Å². The Morgan fingerprint density at radius 1 is 0.974 bits per heavy atom.